The number of amides is 1. The normalized spacial score (nSPS) is 12.7. The molecule has 0 spiro atoms. The third-order valence-corrected chi connectivity index (χ3v) is 5.52. The molecule has 0 bridgehead atoms. The Morgan fingerprint density at radius 1 is 1.18 bits per heavy atom. The van der Waals surface area contributed by atoms with Crippen LogP contribution in [0.1, 0.15) is 29.5 Å². The fourth-order valence-corrected chi connectivity index (χ4v) is 4.08. The van der Waals surface area contributed by atoms with Gasteiger partial charge in [0.2, 0.25) is 0 Å². The highest BCUT2D eigenvalue weighted by Crippen LogP contribution is 2.29. The van der Waals surface area contributed by atoms with E-state index in [1.807, 2.05) is 11.4 Å². The molecule has 0 saturated heterocycles. The van der Waals surface area contributed by atoms with Gasteiger partial charge >= 0.3 is 0 Å². The molecule has 6 heteroatoms. The van der Waals surface area contributed by atoms with Gasteiger partial charge in [0, 0.05) is 10.9 Å². The Labute approximate surface area is 167 Å². The molecule has 5 nitrogen and oxygen atoms in total. The van der Waals surface area contributed by atoms with Crippen LogP contribution in [0.15, 0.2) is 47.8 Å². The number of nitriles is 1. The van der Waals surface area contributed by atoms with E-state index in [1.165, 1.54) is 35.3 Å². The van der Waals surface area contributed by atoms with Crippen molar-refractivity contribution in [1.29, 1.82) is 5.26 Å². The van der Waals surface area contributed by atoms with Crippen molar-refractivity contribution in [3.63, 3.8) is 0 Å². The molecule has 28 heavy (non-hydrogen) atoms. The molecule has 1 heterocycles. The number of aryl methyl sites for hydroxylation is 2. The summed E-state index contributed by atoms with van der Waals surface area (Å²) in [6, 6.07) is 15.4. The predicted molar refractivity (Wildman–Crippen MR) is 109 cm³/mol. The van der Waals surface area contributed by atoms with E-state index >= 15 is 0 Å². The van der Waals surface area contributed by atoms with Gasteiger partial charge in [0.15, 0.2) is 11.7 Å². The van der Waals surface area contributed by atoms with Crippen LogP contribution >= 0.6 is 11.3 Å². The lowest BCUT2D eigenvalue weighted by Gasteiger charge is -2.16. The third kappa shape index (κ3) is 4.05. The summed E-state index contributed by atoms with van der Waals surface area (Å²) in [6.45, 7) is -0.174. The second kappa shape index (κ2) is 8.24. The molecule has 1 amide bonds. The summed E-state index contributed by atoms with van der Waals surface area (Å²) < 4.78 is 5.46. The Morgan fingerprint density at radius 2 is 2.00 bits per heavy atom. The first-order valence-electron chi connectivity index (χ1n) is 9.22. The first-order valence-corrected chi connectivity index (χ1v) is 10.1. The van der Waals surface area contributed by atoms with E-state index in [1.54, 1.807) is 24.3 Å². The number of carbonyl (C=O) groups is 1. The van der Waals surface area contributed by atoms with Crippen LogP contribution in [-0.4, -0.2) is 17.5 Å². The van der Waals surface area contributed by atoms with E-state index in [0.717, 1.165) is 24.1 Å². The Hall–Kier alpha value is -3.17. The minimum absolute atomic E-state index is 0.174. The number of hydrogen-bond donors (Lipinski definition) is 1. The topological polar surface area (TPSA) is 75.0 Å². The van der Waals surface area contributed by atoms with Crippen LogP contribution in [0.25, 0.3) is 11.3 Å². The molecule has 4 rings (SSSR count). The SMILES string of the molecule is N#Cc1ccccc1OCC(=O)Nc1nc(-c2ccc3c(c2)CCCC3)cs1. The molecular formula is C22H19N3O2S. The van der Waals surface area contributed by atoms with Gasteiger partial charge in [0.25, 0.3) is 5.91 Å². The third-order valence-electron chi connectivity index (χ3n) is 4.76. The number of hydrogen-bond acceptors (Lipinski definition) is 5. The van der Waals surface area contributed by atoms with Gasteiger partial charge in [-0.05, 0) is 55.0 Å². The van der Waals surface area contributed by atoms with Crippen LogP contribution < -0.4 is 10.1 Å². The van der Waals surface area contributed by atoms with Crippen LogP contribution in [-0.2, 0) is 17.6 Å². The highest BCUT2D eigenvalue weighted by molar-refractivity contribution is 7.14. The number of ether oxygens (including phenoxy) is 1. The average Bonchev–Trinajstić information content (AvgIpc) is 3.20. The van der Waals surface area contributed by atoms with Gasteiger partial charge in [-0.25, -0.2) is 4.98 Å². The van der Waals surface area contributed by atoms with Crippen LogP contribution in [0.4, 0.5) is 5.13 Å². The number of anilines is 1. The van der Waals surface area contributed by atoms with Crippen LogP contribution in [0, 0.1) is 11.3 Å². The molecule has 1 aliphatic carbocycles. The minimum atomic E-state index is -0.306. The Bertz CT molecular complexity index is 1050. The van der Waals surface area contributed by atoms with E-state index in [4.69, 9.17) is 10.00 Å². The van der Waals surface area contributed by atoms with E-state index in [2.05, 4.69) is 28.5 Å². The number of benzene rings is 2. The quantitative estimate of drug-likeness (QED) is 0.693. The van der Waals surface area contributed by atoms with Gasteiger partial charge in [-0.3, -0.25) is 10.1 Å². The fourth-order valence-electron chi connectivity index (χ4n) is 3.34. The first kappa shape index (κ1) is 18.2. The zero-order valence-electron chi connectivity index (χ0n) is 15.3. The van der Waals surface area contributed by atoms with Gasteiger partial charge in [0.05, 0.1) is 11.3 Å². The summed E-state index contributed by atoms with van der Waals surface area (Å²) >= 11 is 1.39. The summed E-state index contributed by atoms with van der Waals surface area (Å²) in [5, 5.41) is 14.3. The number of thiazole rings is 1. The maximum atomic E-state index is 12.2. The van der Waals surface area contributed by atoms with Crippen molar-refractivity contribution in [3.8, 4) is 23.1 Å². The van der Waals surface area contributed by atoms with Gasteiger partial charge < -0.3 is 4.74 Å². The van der Waals surface area contributed by atoms with E-state index in [-0.39, 0.29) is 12.5 Å². The molecule has 0 fully saturated rings. The molecule has 0 atom stereocenters. The largest absolute Gasteiger partial charge is 0.482 e. The van der Waals surface area contributed by atoms with E-state index < -0.39 is 0 Å². The molecule has 140 valence electrons. The summed E-state index contributed by atoms with van der Waals surface area (Å²) in [6.07, 6.45) is 4.78. The molecule has 1 aromatic heterocycles. The molecule has 0 radical (unpaired) electrons. The molecule has 2 aromatic carbocycles. The number of nitrogens with one attached hydrogen (secondary N) is 1. The van der Waals surface area contributed by atoms with Crippen LogP contribution in [0.3, 0.4) is 0 Å². The van der Waals surface area contributed by atoms with Gasteiger partial charge in [-0.1, -0.05) is 24.3 Å². The highest BCUT2D eigenvalue weighted by atomic mass is 32.1. The zero-order chi connectivity index (χ0) is 19.3. The first-order chi connectivity index (χ1) is 13.7. The number of fused-ring (bicyclic) bond motifs is 1. The number of carbonyl (C=O) groups excluding carboxylic acids is 1. The summed E-state index contributed by atoms with van der Waals surface area (Å²) in [5.74, 6) is 0.0909. The fraction of sp³-hybridized carbons (Fsp3) is 0.227. The van der Waals surface area contributed by atoms with Crippen LogP contribution in [0.5, 0.6) is 5.75 Å². The lowest BCUT2D eigenvalue weighted by Crippen LogP contribution is -2.20. The van der Waals surface area contributed by atoms with Crippen molar-refractivity contribution in [2.75, 3.05) is 11.9 Å². The minimum Gasteiger partial charge on any atom is -0.482 e. The van der Waals surface area contributed by atoms with Gasteiger partial charge in [-0.15, -0.1) is 11.3 Å². The molecule has 3 aromatic rings. The predicted octanol–water partition coefficient (Wildman–Crippen LogP) is 4.58. The highest BCUT2D eigenvalue weighted by Gasteiger charge is 2.13. The number of para-hydroxylation sites is 1. The zero-order valence-corrected chi connectivity index (χ0v) is 16.1. The molecule has 1 aliphatic rings. The Morgan fingerprint density at radius 3 is 2.86 bits per heavy atom. The van der Waals surface area contributed by atoms with Crippen molar-refractivity contribution < 1.29 is 9.53 Å². The number of aromatic nitrogens is 1. The standard InChI is InChI=1S/C22H19N3O2S/c23-12-18-7-3-4-8-20(18)27-13-21(26)25-22-24-19(14-28-22)17-10-9-15-5-1-2-6-16(15)11-17/h3-4,7-11,14H,1-2,5-6,13H2,(H,24,25,26). The monoisotopic (exact) mass is 389 g/mol. The van der Waals surface area contributed by atoms with E-state index in [9.17, 15) is 4.79 Å². The Kier molecular flexibility index (Phi) is 5.36. The van der Waals surface area contributed by atoms with Crippen molar-refractivity contribution in [3.05, 3.63) is 64.5 Å². The molecule has 1 N–H and O–H groups in total. The second-order valence-corrected chi connectivity index (χ2v) is 7.53. The van der Waals surface area contributed by atoms with Crippen molar-refractivity contribution in [2.45, 2.75) is 25.7 Å². The van der Waals surface area contributed by atoms with Gasteiger partial charge in [-0.2, -0.15) is 5.26 Å². The lowest BCUT2D eigenvalue weighted by molar-refractivity contribution is -0.118. The van der Waals surface area contributed by atoms with Gasteiger partial charge in [0.1, 0.15) is 11.8 Å². The maximum absolute atomic E-state index is 12.2. The van der Waals surface area contributed by atoms with E-state index in [0.29, 0.717) is 16.4 Å². The number of nitrogens with zero attached hydrogens (tertiary/aromatic N) is 2. The summed E-state index contributed by atoms with van der Waals surface area (Å²) in [7, 11) is 0. The smallest absolute Gasteiger partial charge is 0.264 e. The second-order valence-electron chi connectivity index (χ2n) is 6.67. The Balaban J connectivity index is 1.39. The number of rotatable bonds is 5. The summed E-state index contributed by atoms with van der Waals surface area (Å²) in [4.78, 5) is 16.7. The van der Waals surface area contributed by atoms with Crippen molar-refractivity contribution in [1.82, 2.24) is 4.98 Å². The summed E-state index contributed by atoms with van der Waals surface area (Å²) in [5.41, 5.74) is 5.20. The van der Waals surface area contributed by atoms with Crippen molar-refractivity contribution >= 4 is 22.4 Å². The molecule has 0 unspecified atom stereocenters. The molecule has 0 aliphatic heterocycles. The average molecular weight is 389 g/mol. The lowest BCUT2D eigenvalue weighted by atomic mass is 9.90. The van der Waals surface area contributed by atoms with Crippen molar-refractivity contribution in [2.24, 2.45) is 0 Å². The van der Waals surface area contributed by atoms with Crippen LogP contribution in [0.2, 0.25) is 0 Å². The molecular weight excluding hydrogens is 370 g/mol. The molecule has 0 saturated carbocycles. The maximum Gasteiger partial charge on any atom is 0.264 e.